The van der Waals surface area contributed by atoms with Crippen LogP contribution in [-0.2, 0) is 32.1 Å². The molecule has 11 aromatic rings. The highest BCUT2D eigenvalue weighted by molar-refractivity contribution is 7.20. The largest absolute Gasteiger partial charge is 0.394 e. The molecule has 91 heavy (non-hydrogen) atoms. The third-order valence-corrected chi connectivity index (χ3v) is 24.8. The Hall–Kier alpha value is -4.39. The molecule has 0 aliphatic rings. The highest BCUT2D eigenvalue weighted by atomic mass is 32.1. The molecular weight excluding hydrogens is 1250 g/mol. The van der Waals surface area contributed by atoms with E-state index in [-0.39, 0.29) is 6.42 Å². The van der Waals surface area contributed by atoms with Gasteiger partial charge < -0.3 is 0 Å². The highest BCUT2D eigenvalue weighted by Crippen LogP contribution is 2.42. The Balaban J connectivity index is 0.000000194. The van der Waals surface area contributed by atoms with Gasteiger partial charge in [-0.05, 0) is 273 Å². The van der Waals surface area contributed by atoms with Gasteiger partial charge in [0.15, 0.2) is 0 Å². The number of hydrogen-bond donors (Lipinski definition) is 0. The molecule has 0 saturated carbocycles. The smallest absolute Gasteiger partial charge is 0.171 e. The van der Waals surface area contributed by atoms with E-state index < -0.39 is 11.6 Å². The fourth-order valence-electron chi connectivity index (χ4n) is 10.6. The summed E-state index contributed by atoms with van der Waals surface area (Å²) >= 11 is 12.9. The Morgan fingerprint density at radius 3 is 1.22 bits per heavy atom. The molecule has 0 bridgehead atoms. The summed E-state index contributed by atoms with van der Waals surface area (Å²) in [4.78, 5) is 13.6. The minimum atomic E-state index is -4.14. The second-order valence-corrected chi connectivity index (χ2v) is 37.3. The first kappa shape index (κ1) is 77.3. The number of halogens is 3. The van der Waals surface area contributed by atoms with Crippen molar-refractivity contribution in [3.05, 3.63) is 201 Å². The summed E-state index contributed by atoms with van der Waals surface area (Å²) in [5, 5.41) is 5.76. The minimum Gasteiger partial charge on any atom is -0.171 e. The van der Waals surface area contributed by atoms with Crippen molar-refractivity contribution in [3.8, 4) is 0 Å². The maximum atomic E-state index is 12.6. The molecule has 7 aromatic heterocycles. The van der Waals surface area contributed by atoms with Crippen molar-refractivity contribution in [2.24, 2.45) is 28.6 Å². The zero-order valence-electron chi connectivity index (χ0n) is 60.0. The summed E-state index contributed by atoms with van der Waals surface area (Å²) in [6.45, 7) is 55.4. The van der Waals surface area contributed by atoms with Gasteiger partial charge in [-0.2, -0.15) is 13.2 Å². The van der Waals surface area contributed by atoms with Crippen LogP contribution in [0.2, 0.25) is 0 Å². The fourth-order valence-corrected chi connectivity index (χ4v) is 18.6. The molecule has 0 saturated heterocycles. The maximum Gasteiger partial charge on any atom is 0.394 e. The van der Waals surface area contributed by atoms with Crippen molar-refractivity contribution < 1.29 is 13.2 Å². The number of fused-ring (bicyclic) bond motifs is 4. The number of benzene rings is 4. The molecule has 0 fully saturated rings. The third-order valence-electron chi connectivity index (χ3n) is 16.6. The molecule has 0 nitrogen and oxygen atoms in total. The Bertz CT molecular complexity index is 4020. The molecule has 11 rings (SSSR count). The van der Waals surface area contributed by atoms with Crippen LogP contribution in [0, 0.1) is 132 Å². The molecule has 0 aliphatic heterocycles. The van der Waals surface area contributed by atoms with Crippen LogP contribution in [0.5, 0.6) is 0 Å². The van der Waals surface area contributed by atoms with Crippen LogP contribution in [0.25, 0.3) is 40.3 Å². The van der Waals surface area contributed by atoms with Gasteiger partial charge >= 0.3 is 6.18 Å². The van der Waals surface area contributed by atoms with Crippen LogP contribution in [0.3, 0.4) is 0 Å². The Morgan fingerprint density at radius 2 is 0.769 bits per heavy atom. The molecule has 10 heteroatoms. The van der Waals surface area contributed by atoms with Crippen LogP contribution in [0.1, 0.15) is 181 Å². The van der Waals surface area contributed by atoms with Gasteiger partial charge in [-0.25, -0.2) is 0 Å². The van der Waals surface area contributed by atoms with Crippen molar-refractivity contribution in [2.75, 3.05) is 0 Å². The van der Waals surface area contributed by atoms with Gasteiger partial charge in [0.25, 0.3) is 0 Å². The first-order valence-electron chi connectivity index (χ1n) is 32.4. The molecule has 0 N–H and O–H groups in total. The molecule has 0 aliphatic carbocycles. The first-order valence-corrected chi connectivity index (χ1v) is 38.1. The van der Waals surface area contributed by atoms with Crippen LogP contribution in [0.15, 0.2) is 97.1 Å². The summed E-state index contributed by atoms with van der Waals surface area (Å²) in [5.41, 5.74) is 13.0. The van der Waals surface area contributed by atoms with E-state index in [2.05, 4.69) is 243 Å². The van der Waals surface area contributed by atoms with Crippen LogP contribution < -0.4 is 0 Å². The average molecular weight is 1360 g/mol. The van der Waals surface area contributed by atoms with E-state index in [0.29, 0.717) is 5.41 Å². The van der Waals surface area contributed by atoms with E-state index in [1.807, 2.05) is 87.9 Å². The van der Waals surface area contributed by atoms with Crippen LogP contribution in [-0.4, -0.2) is 6.18 Å². The molecule has 0 radical (unpaired) electrons. The van der Waals surface area contributed by atoms with E-state index in [9.17, 15) is 13.2 Å². The van der Waals surface area contributed by atoms with Crippen LogP contribution >= 0.6 is 79.4 Å². The van der Waals surface area contributed by atoms with E-state index in [4.69, 9.17) is 0 Å². The number of hydrogen-bond acceptors (Lipinski definition) is 7. The first-order chi connectivity index (χ1) is 42.2. The summed E-state index contributed by atoms with van der Waals surface area (Å²) < 4.78 is 43.7. The van der Waals surface area contributed by atoms with Gasteiger partial charge in [0.2, 0.25) is 0 Å². The zero-order valence-corrected chi connectivity index (χ0v) is 65.7. The lowest BCUT2D eigenvalue weighted by molar-refractivity contribution is -0.210. The normalized spacial score (nSPS) is 11.6. The van der Waals surface area contributed by atoms with Gasteiger partial charge in [-0.1, -0.05) is 137 Å². The van der Waals surface area contributed by atoms with Crippen molar-refractivity contribution in [3.63, 3.8) is 0 Å². The summed E-state index contributed by atoms with van der Waals surface area (Å²) in [7, 11) is 0. The SMILES string of the molecule is Cc1cc(C)c(C)s1.Cc1cc(CC(C)(C)C(F)(F)F)sc1C.Cc1cc(CC(C)(C)C)sc1C.Cc1sc2c(CC(C)C)cccc2c1C.Cc1sc2cc(CC(C)C)ccc2c1C.Cc1sc2ccc(CC(C)C)cc2c1C.Cc1sc2ccccc2c1C. The lowest BCUT2D eigenvalue weighted by Gasteiger charge is -2.26. The maximum absolute atomic E-state index is 12.6. The van der Waals surface area contributed by atoms with E-state index in [1.54, 1.807) is 0 Å². The predicted octanol–water partition coefficient (Wildman–Crippen LogP) is 28.8. The summed E-state index contributed by atoms with van der Waals surface area (Å²) in [6.07, 6.45) is 0.688. The van der Waals surface area contributed by atoms with Crippen molar-refractivity contribution >= 4 is 120 Å². The molecule has 0 atom stereocenters. The second-order valence-electron chi connectivity index (χ2n) is 28.2. The van der Waals surface area contributed by atoms with Crippen molar-refractivity contribution in [1.29, 1.82) is 0 Å². The highest BCUT2D eigenvalue weighted by Gasteiger charge is 2.47. The fraction of sp³-hybridized carbons (Fsp3) is 0.457. The van der Waals surface area contributed by atoms with Crippen LogP contribution in [0.4, 0.5) is 13.2 Å². The van der Waals surface area contributed by atoms with Gasteiger partial charge in [-0.15, -0.1) is 79.4 Å². The van der Waals surface area contributed by atoms with E-state index in [1.165, 1.54) is 180 Å². The average Bonchev–Trinajstić information content (AvgIpc) is 1.75. The van der Waals surface area contributed by atoms with Gasteiger partial charge in [-0.3, -0.25) is 0 Å². The van der Waals surface area contributed by atoms with Crippen molar-refractivity contribution in [1.82, 2.24) is 0 Å². The number of aryl methyl sites for hydroxylation is 15. The lowest BCUT2D eigenvalue weighted by atomic mass is 9.88. The topological polar surface area (TPSA) is 0 Å². The van der Waals surface area contributed by atoms with Crippen molar-refractivity contribution in [2.45, 2.75) is 218 Å². The zero-order chi connectivity index (χ0) is 68.2. The second kappa shape index (κ2) is 33.8. The Kier molecular flexibility index (Phi) is 28.7. The van der Waals surface area contributed by atoms with E-state index in [0.717, 1.165) is 33.1 Å². The van der Waals surface area contributed by atoms with Gasteiger partial charge in [0.05, 0.1) is 5.41 Å². The number of alkyl halides is 3. The Labute approximate surface area is 576 Å². The third kappa shape index (κ3) is 22.9. The van der Waals surface area contributed by atoms with Gasteiger partial charge in [0, 0.05) is 67.6 Å². The number of thiophene rings is 7. The molecule has 0 spiro atoms. The number of rotatable bonds is 9. The molecule has 7 heterocycles. The lowest BCUT2D eigenvalue weighted by Crippen LogP contribution is -2.33. The molecule has 494 valence electrons. The standard InChI is InChI=1S/3C14H18S.C11H15F3S.C11H18S.C10H10S.C7H10S/c1-9(2)7-12-5-6-14-13(8-12)10(3)11(4)15-14;1-9(2)7-12-5-6-13-10(3)11(4)15-14(13)8-12;1-9(2)8-12-6-5-7-13-10(3)11(4)15-14(12)13;1-7-5-9(15-8(7)2)6-10(3,4)11(12,13)14;1-8-6-10(12-9(8)2)7-11(3,4)5;1-7-8(2)11-10-6-4-3-5-9(7)10;1-5-4-6(2)8-7(5)3/h2*5-6,8-9H,7H2,1-4H3;5-7,9H,8H2,1-4H3;5H,6H2,1-4H3;6H,7H2,1-5H3;3-6H,1-2H3;4H,1-3H3. The molecular formula is C81H107F3S7. The molecule has 0 unspecified atom stereocenters. The molecule has 4 aromatic carbocycles. The summed E-state index contributed by atoms with van der Waals surface area (Å²) in [5.74, 6) is 2.21. The minimum absolute atomic E-state index is 0.0653. The van der Waals surface area contributed by atoms with E-state index >= 15 is 0 Å². The molecule has 0 amide bonds. The summed E-state index contributed by atoms with van der Waals surface area (Å²) in [6, 6.07) is 35.5. The quantitative estimate of drug-likeness (QED) is 0.135. The Morgan fingerprint density at radius 1 is 0.352 bits per heavy atom. The van der Waals surface area contributed by atoms with Gasteiger partial charge in [0.1, 0.15) is 0 Å². The monoisotopic (exact) mass is 1360 g/mol. The predicted molar refractivity (Wildman–Crippen MR) is 414 cm³/mol.